The Bertz CT molecular complexity index is 365. The standard InChI is InChI=1S/C14H19N/c15-10-13-12-5-2-1-4-11(12)6-9-14(13)7-3-8-14/h1-2,4-5,13H,3,6-10,15H2. The topological polar surface area (TPSA) is 26.0 Å². The van der Waals surface area contributed by atoms with E-state index in [1.165, 1.54) is 32.1 Å². The third-order valence-corrected chi connectivity index (χ3v) is 4.65. The quantitative estimate of drug-likeness (QED) is 0.743. The minimum atomic E-state index is 0.586. The third-order valence-electron chi connectivity index (χ3n) is 4.65. The lowest BCUT2D eigenvalue weighted by atomic mass is 9.54. The van der Waals surface area contributed by atoms with Crippen LogP contribution in [-0.4, -0.2) is 6.54 Å². The molecule has 1 aromatic rings. The number of nitrogens with two attached hydrogens (primary N) is 1. The predicted molar refractivity (Wildman–Crippen MR) is 62.8 cm³/mol. The second-order valence-electron chi connectivity index (χ2n) is 5.20. The number of benzene rings is 1. The van der Waals surface area contributed by atoms with Crippen molar-refractivity contribution in [2.75, 3.05) is 6.54 Å². The first-order chi connectivity index (χ1) is 7.36. The van der Waals surface area contributed by atoms with Gasteiger partial charge in [0.25, 0.3) is 0 Å². The molecule has 15 heavy (non-hydrogen) atoms. The fraction of sp³-hybridized carbons (Fsp3) is 0.571. The van der Waals surface area contributed by atoms with E-state index >= 15 is 0 Å². The number of hydrogen-bond donors (Lipinski definition) is 1. The van der Waals surface area contributed by atoms with Gasteiger partial charge in [0.1, 0.15) is 0 Å². The van der Waals surface area contributed by atoms with Crippen molar-refractivity contribution in [2.45, 2.75) is 38.0 Å². The van der Waals surface area contributed by atoms with Crippen molar-refractivity contribution in [2.24, 2.45) is 11.1 Å². The summed E-state index contributed by atoms with van der Waals surface area (Å²) in [7, 11) is 0. The summed E-state index contributed by atoms with van der Waals surface area (Å²) in [5.74, 6) is 0.635. The van der Waals surface area contributed by atoms with E-state index in [2.05, 4.69) is 24.3 Å². The number of rotatable bonds is 1. The lowest BCUT2D eigenvalue weighted by Crippen LogP contribution is -2.42. The molecule has 1 atom stereocenters. The first-order valence-corrected chi connectivity index (χ1v) is 6.14. The van der Waals surface area contributed by atoms with Gasteiger partial charge in [-0.05, 0) is 48.8 Å². The molecule has 1 saturated carbocycles. The maximum Gasteiger partial charge on any atom is 0.00205 e. The van der Waals surface area contributed by atoms with Crippen LogP contribution in [0.25, 0.3) is 0 Å². The van der Waals surface area contributed by atoms with Crippen LogP contribution in [0.4, 0.5) is 0 Å². The van der Waals surface area contributed by atoms with Gasteiger partial charge in [-0.25, -0.2) is 0 Å². The van der Waals surface area contributed by atoms with Crippen molar-refractivity contribution in [3.63, 3.8) is 0 Å². The van der Waals surface area contributed by atoms with Crippen molar-refractivity contribution in [1.82, 2.24) is 0 Å². The summed E-state index contributed by atoms with van der Waals surface area (Å²) in [6.07, 6.45) is 6.86. The Morgan fingerprint density at radius 1 is 1.20 bits per heavy atom. The summed E-state index contributed by atoms with van der Waals surface area (Å²) in [6, 6.07) is 8.90. The van der Waals surface area contributed by atoms with E-state index in [9.17, 15) is 0 Å². The van der Waals surface area contributed by atoms with E-state index in [0.29, 0.717) is 11.3 Å². The lowest BCUT2D eigenvalue weighted by molar-refractivity contribution is 0.0737. The van der Waals surface area contributed by atoms with Gasteiger partial charge in [-0.15, -0.1) is 0 Å². The normalized spacial score (nSPS) is 27.1. The largest absolute Gasteiger partial charge is 0.330 e. The van der Waals surface area contributed by atoms with Gasteiger partial charge in [0.15, 0.2) is 0 Å². The molecule has 1 fully saturated rings. The van der Waals surface area contributed by atoms with Crippen molar-refractivity contribution < 1.29 is 0 Å². The summed E-state index contributed by atoms with van der Waals surface area (Å²) < 4.78 is 0. The SMILES string of the molecule is NCC1c2ccccc2CCC12CCC2. The first-order valence-electron chi connectivity index (χ1n) is 6.14. The average molecular weight is 201 g/mol. The third kappa shape index (κ3) is 1.26. The summed E-state index contributed by atoms with van der Waals surface area (Å²) >= 11 is 0. The molecule has 2 N–H and O–H groups in total. The predicted octanol–water partition coefficient (Wildman–Crippen LogP) is 2.85. The molecule has 0 aromatic heterocycles. The van der Waals surface area contributed by atoms with E-state index in [0.717, 1.165) is 6.54 Å². The lowest BCUT2D eigenvalue weighted by Gasteiger charge is -2.51. The Morgan fingerprint density at radius 2 is 2.00 bits per heavy atom. The number of aryl methyl sites for hydroxylation is 1. The summed E-state index contributed by atoms with van der Waals surface area (Å²) in [5.41, 5.74) is 9.68. The van der Waals surface area contributed by atoms with Gasteiger partial charge in [0.2, 0.25) is 0 Å². The summed E-state index contributed by atoms with van der Waals surface area (Å²) in [5, 5.41) is 0. The number of fused-ring (bicyclic) bond motifs is 1. The Hall–Kier alpha value is -0.820. The molecule has 0 bridgehead atoms. The Balaban J connectivity index is 2.03. The highest BCUT2D eigenvalue weighted by molar-refractivity contribution is 5.36. The average Bonchev–Trinajstić information content (AvgIpc) is 2.25. The monoisotopic (exact) mass is 201 g/mol. The molecule has 1 unspecified atom stereocenters. The Kier molecular flexibility index (Phi) is 2.10. The van der Waals surface area contributed by atoms with Crippen molar-refractivity contribution in [1.29, 1.82) is 0 Å². The van der Waals surface area contributed by atoms with E-state index in [1.54, 1.807) is 11.1 Å². The van der Waals surface area contributed by atoms with Crippen LogP contribution in [0.5, 0.6) is 0 Å². The highest BCUT2D eigenvalue weighted by atomic mass is 14.6. The minimum absolute atomic E-state index is 0.586. The fourth-order valence-electron chi connectivity index (χ4n) is 3.60. The molecule has 1 aromatic carbocycles. The molecule has 1 nitrogen and oxygen atoms in total. The Labute approximate surface area is 91.7 Å². The van der Waals surface area contributed by atoms with E-state index < -0.39 is 0 Å². The van der Waals surface area contributed by atoms with Gasteiger partial charge in [-0.2, -0.15) is 0 Å². The smallest absolute Gasteiger partial charge is 0.00205 e. The van der Waals surface area contributed by atoms with Gasteiger partial charge in [-0.3, -0.25) is 0 Å². The molecule has 2 aliphatic carbocycles. The van der Waals surface area contributed by atoms with Crippen LogP contribution in [0.3, 0.4) is 0 Å². The van der Waals surface area contributed by atoms with Crippen molar-refractivity contribution in [3.05, 3.63) is 35.4 Å². The van der Waals surface area contributed by atoms with Crippen molar-refractivity contribution >= 4 is 0 Å². The van der Waals surface area contributed by atoms with Crippen LogP contribution in [0.1, 0.15) is 42.7 Å². The maximum absolute atomic E-state index is 6.00. The van der Waals surface area contributed by atoms with Crippen molar-refractivity contribution in [3.8, 4) is 0 Å². The zero-order valence-corrected chi connectivity index (χ0v) is 9.21. The van der Waals surface area contributed by atoms with Crippen LogP contribution < -0.4 is 5.73 Å². The first kappa shape index (κ1) is 9.41. The summed E-state index contributed by atoms with van der Waals surface area (Å²) in [4.78, 5) is 0. The molecule has 0 aliphatic heterocycles. The molecule has 0 radical (unpaired) electrons. The van der Waals surface area contributed by atoms with Crippen LogP contribution in [0.2, 0.25) is 0 Å². The highest BCUT2D eigenvalue weighted by Gasteiger charge is 2.46. The van der Waals surface area contributed by atoms with Crippen LogP contribution in [-0.2, 0) is 6.42 Å². The molecule has 1 spiro atoms. The second-order valence-corrected chi connectivity index (χ2v) is 5.20. The molecule has 2 aliphatic rings. The maximum atomic E-state index is 6.00. The minimum Gasteiger partial charge on any atom is -0.330 e. The highest BCUT2D eigenvalue weighted by Crippen LogP contribution is 2.56. The molecule has 1 heteroatoms. The Morgan fingerprint density at radius 3 is 2.67 bits per heavy atom. The van der Waals surface area contributed by atoms with Gasteiger partial charge in [-0.1, -0.05) is 30.7 Å². The van der Waals surface area contributed by atoms with E-state index in [4.69, 9.17) is 5.73 Å². The van der Waals surface area contributed by atoms with E-state index in [-0.39, 0.29) is 0 Å². The van der Waals surface area contributed by atoms with Crippen LogP contribution >= 0.6 is 0 Å². The van der Waals surface area contributed by atoms with Gasteiger partial charge < -0.3 is 5.73 Å². The zero-order chi connectivity index (χ0) is 10.3. The molecule has 0 amide bonds. The van der Waals surface area contributed by atoms with Crippen LogP contribution in [0.15, 0.2) is 24.3 Å². The molecular weight excluding hydrogens is 182 g/mol. The van der Waals surface area contributed by atoms with Gasteiger partial charge >= 0.3 is 0 Å². The molecule has 3 rings (SSSR count). The van der Waals surface area contributed by atoms with Crippen LogP contribution in [0, 0.1) is 5.41 Å². The molecule has 80 valence electrons. The molecule has 0 heterocycles. The number of hydrogen-bond acceptors (Lipinski definition) is 1. The van der Waals surface area contributed by atoms with E-state index in [1.807, 2.05) is 0 Å². The molecular formula is C14H19N. The van der Waals surface area contributed by atoms with Gasteiger partial charge in [0, 0.05) is 5.92 Å². The fourth-order valence-corrected chi connectivity index (χ4v) is 3.60. The second kappa shape index (κ2) is 3.34. The molecule has 0 saturated heterocycles. The van der Waals surface area contributed by atoms with Gasteiger partial charge in [0.05, 0.1) is 0 Å². The summed E-state index contributed by atoms with van der Waals surface area (Å²) in [6.45, 7) is 0.830. The zero-order valence-electron chi connectivity index (χ0n) is 9.21.